The first-order valence-electron chi connectivity index (χ1n) is 6.24. The van der Waals surface area contributed by atoms with Gasteiger partial charge in [0.15, 0.2) is 0 Å². The van der Waals surface area contributed by atoms with Crippen LogP contribution >= 0.6 is 0 Å². The number of hydrogen-bond acceptors (Lipinski definition) is 4. The van der Waals surface area contributed by atoms with Crippen molar-refractivity contribution in [1.82, 2.24) is 15.1 Å². The van der Waals surface area contributed by atoms with Crippen molar-refractivity contribution < 1.29 is 9.47 Å². The summed E-state index contributed by atoms with van der Waals surface area (Å²) in [6, 6.07) is 0. The summed E-state index contributed by atoms with van der Waals surface area (Å²) >= 11 is 0. The maximum Gasteiger partial charge on any atom is 0.0928 e. The number of aromatic nitrogens is 2. The molecule has 1 heterocycles. The van der Waals surface area contributed by atoms with Crippen LogP contribution in [0.5, 0.6) is 0 Å². The van der Waals surface area contributed by atoms with Crippen LogP contribution in [0.2, 0.25) is 0 Å². The van der Waals surface area contributed by atoms with E-state index < -0.39 is 0 Å². The van der Waals surface area contributed by atoms with E-state index in [9.17, 15) is 0 Å². The maximum absolute atomic E-state index is 5.28. The van der Waals surface area contributed by atoms with Crippen LogP contribution in [0, 0.1) is 0 Å². The predicted octanol–water partition coefficient (Wildman–Crippen LogP) is 1.39. The predicted molar refractivity (Wildman–Crippen MR) is 71.6 cm³/mol. The third-order valence-electron chi connectivity index (χ3n) is 2.71. The van der Waals surface area contributed by atoms with Crippen LogP contribution in [0.4, 0.5) is 0 Å². The van der Waals surface area contributed by atoms with Crippen molar-refractivity contribution in [3.63, 3.8) is 0 Å². The minimum Gasteiger partial charge on any atom is -0.382 e. The fourth-order valence-corrected chi connectivity index (χ4v) is 1.59. The molecule has 0 amide bonds. The lowest BCUT2D eigenvalue weighted by molar-refractivity contribution is 0.0288. The molecule has 0 aliphatic rings. The van der Waals surface area contributed by atoms with Gasteiger partial charge in [-0.2, -0.15) is 5.10 Å². The molecule has 0 spiro atoms. The first-order chi connectivity index (χ1) is 8.47. The monoisotopic (exact) mass is 255 g/mol. The molecule has 1 N–H and O–H groups in total. The Labute approximate surface area is 109 Å². The number of hydrogen-bond donors (Lipinski definition) is 1. The minimum atomic E-state index is 0.0311. The summed E-state index contributed by atoms with van der Waals surface area (Å²) in [5.74, 6) is 0. The molecule has 0 bridgehead atoms. The molecule has 0 radical (unpaired) electrons. The van der Waals surface area contributed by atoms with Gasteiger partial charge in [-0.05, 0) is 20.8 Å². The molecule has 0 aliphatic carbocycles. The Hall–Kier alpha value is -0.910. The largest absolute Gasteiger partial charge is 0.382 e. The zero-order chi connectivity index (χ0) is 13.6. The summed E-state index contributed by atoms with van der Waals surface area (Å²) < 4.78 is 12.3. The van der Waals surface area contributed by atoms with Crippen molar-refractivity contribution in [2.24, 2.45) is 0 Å². The van der Waals surface area contributed by atoms with E-state index in [1.807, 2.05) is 10.9 Å². The highest BCUT2D eigenvalue weighted by Crippen LogP contribution is 2.12. The lowest BCUT2D eigenvalue weighted by Gasteiger charge is -2.18. The average Bonchev–Trinajstić information content (AvgIpc) is 2.76. The fourth-order valence-electron chi connectivity index (χ4n) is 1.59. The van der Waals surface area contributed by atoms with E-state index in [0.717, 1.165) is 13.1 Å². The van der Waals surface area contributed by atoms with Crippen LogP contribution in [-0.4, -0.2) is 43.3 Å². The third-order valence-corrected chi connectivity index (χ3v) is 2.71. The maximum atomic E-state index is 5.28. The Morgan fingerprint density at radius 2 is 2.11 bits per heavy atom. The first kappa shape index (κ1) is 15.1. The SMILES string of the molecule is COCC(CNCc1cnn(C(C)(C)C)c1)OC. The summed E-state index contributed by atoms with van der Waals surface area (Å²) in [7, 11) is 3.38. The lowest BCUT2D eigenvalue weighted by atomic mass is 10.1. The van der Waals surface area contributed by atoms with Crippen LogP contribution in [0.1, 0.15) is 26.3 Å². The first-order valence-corrected chi connectivity index (χ1v) is 6.24. The summed E-state index contributed by atoms with van der Waals surface area (Å²) in [4.78, 5) is 0. The second kappa shape index (κ2) is 6.87. The van der Waals surface area contributed by atoms with Crippen molar-refractivity contribution in [3.8, 4) is 0 Å². The zero-order valence-corrected chi connectivity index (χ0v) is 12.1. The van der Waals surface area contributed by atoms with Gasteiger partial charge >= 0.3 is 0 Å². The van der Waals surface area contributed by atoms with Gasteiger partial charge in [-0.15, -0.1) is 0 Å². The molecule has 0 aromatic carbocycles. The van der Waals surface area contributed by atoms with Gasteiger partial charge in [-0.1, -0.05) is 0 Å². The van der Waals surface area contributed by atoms with Gasteiger partial charge in [0.1, 0.15) is 0 Å². The standard InChI is InChI=1S/C13H25N3O2/c1-13(2,3)16-9-11(7-15-16)6-14-8-12(18-5)10-17-4/h7,9,12,14H,6,8,10H2,1-5H3. The van der Waals surface area contributed by atoms with Crippen molar-refractivity contribution in [2.45, 2.75) is 39.0 Å². The number of methoxy groups -OCH3 is 2. The van der Waals surface area contributed by atoms with Crippen LogP contribution < -0.4 is 5.32 Å². The minimum absolute atomic E-state index is 0.0311. The quantitative estimate of drug-likeness (QED) is 0.800. The summed E-state index contributed by atoms with van der Waals surface area (Å²) in [5, 5.41) is 7.71. The lowest BCUT2D eigenvalue weighted by Crippen LogP contribution is -2.31. The topological polar surface area (TPSA) is 48.3 Å². The Balaban J connectivity index is 2.37. The summed E-state index contributed by atoms with van der Waals surface area (Å²) in [6.07, 6.45) is 4.06. The fraction of sp³-hybridized carbons (Fsp3) is 0.769. The normalized spacial score (nSPS) is 13.8. The highest BCUT2D eigenvalue weighted by Gasteiger charge is 2.14. The molecular formula is C13H25N3O2. The molecule has 0 saturated carbocycles. The Bertz CT molecular complexity index is 344. The summed E-state index contributed by atoms with van der Waals surface area (Å²) in [5.41, 5.74) is 1.21. The van der Waals surface area contributed by atoms with Gasteiger partial charge in [0, 0.05) is 39.1 Å². The van der Waals surface area contributed by atoms with E-state index in [2.05, 4.69) is 37.4 Å². The van der Waals surface area contributed by atoms with Crippen molar-refractivity contribution in [1.29, 1.82) is 0 Å². The highest BCUT2D eigenvalue weighted by atomic mass is 16.5. The van der Waals surface area contributed by atoms with E-state index in [4.69, 9.17) is 9.47 Å². The highest BCUT2D eigenvalue weighted by molar-refractivity contribution is 5.04. The Morgan fingerprint density at radius 3 is 2.61 bits per heavy atom. The van der Waals surface area contributed by atoms with Crippen molar-refractivity contribution >= 4 is 0 Å². The molecule has 5 heteroatoms. The zero-order valence-electron chi connectivity index (χ0n) is 12.1. The van der Waals surface area contributed by atoms with Gasteiger partial charge in [0.25, 0.3) is 0 Å². The molecule has 1 unspecified atom stereocenters. The van der Waals surface area contributed by atoms with E-state index in [1.165, 1.54) is 5.56 Å². The van der Waals surface area contributed by atoms with Crippen LogP contribution in [-0.2, 0) is 21.6 Å². The van der Waals surface area contributed by atoms with E-state index in [0.29, 0.717) is 6.61 Å². The molecule has 0 saturated heterocycles. The molecule has 104 valence electrons. The molecule has 1 atom stereocenters. The Morgan fingerprint density at radius 1 is 1.39 bits per heavy atom. The van der Waals surface area contributed by atoms with Gasteiger partial charge in [-0.3, -0.25) is 4.68 Å². The molecule has 0 aliphatic heterocycles. The second-order valence-corrected chi connectivity index (χ2v) is 5.41. The Kier molecular flexibility index (Phi) is 5.78. The molecule has 1 aromatic rings. The molecular weight excluding hydrogens is 230 g/mol. The molecule has 1 aromatic heterocycles. The number of ether oxygens (including phenoxy) is 2. The third kappa shape index (κ3) is 4.76. The molecule has 0 fully saturated rings. The number of rotatable bonds is 7. The van der Waals surface area contributed by atoms with Gasteiger partial charge in [0.2, 0.25) is 0 Å². The van der Waals surface area contributed by atoms with Crippen LogP contribution in [0.3, 0.4) is 0 Å². The molecule has 5 nitrogen and oxygen atoms in total. The van der Waals surface area contributed by atoms with Gasteiger partial charge in [-0.25, -0.2) is 0 Å². The van der Waals surface area contributed by atoms with E-state index in [-0.39, 0.29) is 11.6 Å². The summed E-state index contributed by atoms with van der Waals surface area (Å²) in [6.45, 7) is 8.57. The second-order valence-electron chi connectivity index (χ2n) is 5.41. The van der Waals surface area contributed by atoms with Crippen LogP contribution in [0.15, 0.2) is 12.4 Å². The van der Waals surface area contributed by atoms with E-state index in [1.54, 1.807) is 14.2 Å². The van der Waals surface area contributed by atoms with Gasteiger partial charge in [0.05, 0.1) is 24.4 Å². The molecule has 1 rings (SSSR count). The number of nitrogens with one attached hydrogen (secondary N) is 1. The van der Waals surface area contributed by atoms with Crippen LogP contribution in [0.25, 0.3) is 0 Å². The number of nitrogens with zero attached hydrogens (tertiary/aromatic N) is 2. The van der Waals surface area contributed by atoms with Gasteiger partial charge < -0.3 is 14.8 Å². The molecule has 18 heavy (non-hydrogen) atoms. The van der Waals surface area contributed by atoms with Crippen molar-refractivity contribution in [3.05, 3.63) is 18.0 Å². The van der Waals surface area contributed by atoms with Crippen molar-refractivity contribution in [2.75, 3.05) is 27.4 Å². The average molecular weight is 255 g/mol. The van der Waals surface area contributed by atoms with E-state index >= 15 is 0 Å². The smallest absolute Gasteiger partial charge is 0.0928 e.